The van der Waals surface area contributed by atoms with Gasteiger partial charge in [0.15, 0.2) is 0 Å². The van der Waals surface area contributed by atoms with Crippen LogP contribution in [0.25, 0.3) is 0 Å². The van der Waals surface area contributed by atoms with Crippen molar-refractivity contribution in [2.24, 2.45) is 5.92 Å². The Morgan fingerprint density at radius 2 is 1.96 bits per heavy atom. The lowest BCUT2D eigenvalue weighted by Gasteiger charge is -2.41. The molecule has 2 aliphatic heterocycles. The normalized spacial score (nSPS) is 30.0. The van der Waals surface area contributed by atoms with E-state index < -0.39 is 0 Å². The zero-order chi connectivity index (χ0) is 17.9. The maximum absolute atomic E-state index is 13.7. The van der Waals surface area contributed by atoms with Crippen molar-refractivity contribution in [3.63, 3.8) is 0 Å². The van der Waals surface area contributed by atoms with E-state index in [-0.39, 0.29) is 23.8 Å². The molecule has 2 N–H and O–H groups in total. The Hall–Kier alpha value is -1.46. The van der Waals surface area contributed by atoms with E-state index in [1.807, 2.05) is 6.07 Å². The average Bonchev–Trinajstić information content (AvgIpc) is 3.33. The molecule has 2 heterocycles. The van der Waals surface area contributed by atoms with E-state index in [0.29, 0.717) is 18.2 Å². The number of nitrogens with zero attached hydrogens (tertiary/aromatic N) is 1. The van der Waals surface area contributed by atoms with Gasteiger partial charge in [-0.05, 0) is 55.7 Å². The molecule has 3 unspecified atom stereocenters. The minimum atomic E-state index is -0.189. The van der Waals surface area contributed by atoms with Crippen LogP contribution in [0.15, 0.2) is 24.3 Å². The first-order valence-electron chi connectivity index (χ1n) is 10.3. The zero-order valence-corrected chi connectivity index (χ0v) is 15.4. The molecule has 4 nitrogen and oxygen atoms in total. The predicted molar refractivity (Wildman–Crippen MR) is 100.0 cm³/mol. The van der Waals surface area contributed by atoms with Crippen LogP contribution in [0.2, 0.25) is 0 Å². The van der Waals surface area contributed by atoms with Crippen molar-refractivity contribution in [2.45, 2.75) is 69.4 Å². The zero-order valence-electron chi connectivity index (χ0n) is 15.4. The Bertz CT molecular complexity index is 631. The van der Waals surface area contributed by atoms with Gasteiger partial charge in [-0.25, -0.2) is 4.39 Å². The molecular weight excluding hydrogens is 329 g/mol. The highest BCUT2D eigenvalue weighted by Gasteiger charge is 2.40. The lowest BCUT2D eigenvalue weighted by atomic mass is 9.84. The Kier molecular flexibility index (Phi) is 5.55. The summed E-state index contributed by atoms with van der Waals surface area (Å²) in [7, 11) is 0. The molecule has 3 aliphatic rings. The van der Waals surface area contributed by atoms with Crippen LogP contribution in [0.3, 0.4) is 0 Å². The molecule has 1 aliphatic carbocycles. The van der Waals surface area contributed by atoms with Crippen LogP contribution in [0, 0.1) is 11.7 Å². The van der Waals surface area contributed by atoms with Crippen LogP contribution in [-0.4, -0.2) is 36.0 Å². The fraction of sp³-hybridized carbons (Fsp3) is 0.667. The molecule has 1 aromatic rings. The van der Waals surface area contributed by atoms with E-state index in [1.54, 1.807) is 12.1 Å². The van der Waals surface area contributed by atoms with Crippen LogP contribution in [0.1, 0.15) is 62.8 Å². The minimum absolute atomic E-state index is 0.143. The molecule has 2 saturated heterocycles. The highest BCUT2D eigenvalue weighted by molar-refractivity contribution is 5.77. The summed E-state index contributed by atoms with van der Waals surface area (Å²) in [5.41, 5.74) is 7.68. The van der Waals surface area contributed by atoms with Gasteiger partial charge in [-0.15, -0.1) is 0 Å². The minimum Gasteiger partial charge on any atom is -0.338 e. The number of amides is 1. The number of halogens is 1. The first kappa shape index (κ1) is 17.9. The van der Waals surface area contributed by atoms with E-state index in [2.05, 4.69) is 15.8 Å². The summed E-state index contributed by atoms with van der Waals surface area (Å²) < 4.78 is 13.7. The van der Waals surface area contributed by atoms with Crippen molar-refractivity contribution in [1.29, 1.82) is 0 Å². The van der Waals surface area contributed by atoms with Crippen molar-refractivity contribution >= 4 is 5.91 Å². The number of piperidine rings is 1. The number of benzene rings is 1. The van der Waals surface area contributed by atoms with Gasteiger partial charge in [0.25, 0.3) is 0 Å². The maximum atomic E-state index is 13.7. The van der Waals surface area contributed by atoms with Crippen molar-refractivity contribution in [2.75, 3.05) is 13.1 Å². The SMILES string of the molecule is O=C(CC1CCCC1)N1CCCCC1C1NNCC1c1cccc(F)c1. The first-order valence-corrected chi connectivity index (χ1v) is 10.3. The number of rotatable bonds is 4. The first-order chi connectivity index (χ1) is 12.7. The lowest BCUT2D eigenvalue weighted by Crippen LogP contribution is -2.55. The topological polar surface area (TPSA) is 44.4 Å². The van der Waals surface area contributed by atoms with E-state index >= 15 is 0 Å². The summed E-state index contributed by atoms with van der Waals surface area (Å²) in [6, 6.07) is 7.25. The molecule has 3 atom stereocenters. The molecule has 1 amide bonds. The fourth-order valence-electron chi connectivity index (χ4n) is 5.16. The number of hydrogen-bond acceptors (Lipinski definition) is 3. The van der Waals surface area contributed by atoms with Crippen LogP contribution in [0.4, 0.5) is 4.39 Å². The number of carbonyl (C=O) groups excluding carboxylic acids is 1. The van der Waals surface area contributed by atoms with Crippen molar-refractivity contribution in [3.05, 3.63) is 35.6 Å². The third-order valence-corrected chi connectivity index (χ3v) is 6.52. The summed E-state index contributed by atoms with van der Waals surface area (Å²) in [4.78, 5) is 15.2. The van der Waals surface area contributed by atoms with Crippen molar-refractivity contribution in [3.8, 4) is 0 Å². The number of likely N-dealkylation sites (tertiary alicyclic amines) is 1. The maximum Gasteiger partial charge on any atom is 0.223 e. The van der Waals surface area contributed by atoms with E-state index in [4.69, 9.17) is 0 Å². The summed E-state index contributed by atoms with van der Waals surface area (Å²) in [5.74, 6) is 0.911. The molecule has 5 heteroatoms. The molecule has 3 fully saturated rings. The van der Waals surface area contributed by atoms with Gasteiger partial charge < -0.3 is 4.90 Å². The molecule has 0 radical (unpaired) electrons. The van der Waals surface area contributed by atoms with Gasteiger partial charge in [0, 0.05) is 37.5 Å². The second-order valence-electron chi connectivity index (χ2n) is 8.22. The summed E-state index contributed by atoms with van der Waals surface area (Å²) >= 11 is 0. The second kappa shape index (κ2) is 8.05. The number of carbonyl (C=O) groups is 1. The number of hydrogen-bond donors (Lipinski definition) is 2. The van der Waals surface area contributed by atoms with Gasteiger partial charge in [-0.3, -0.25) is 15.6 Å². The molecule has 0 bridgehead atoms. The number of nitrogens with one attached hydrogen (secondary N) is 2. The standard InChI is InChI=1S/C21H30FN3O/c22-17-9-5-8-16(13-17)18-14-23-24-21(18)19-10-3-4-11-25(19)20(26)12-15-6-1-2-7-15/h5,8-9,13,15,18-19,21,23-24H,1-4,6-7,10-12,14H2. The third kappa shape index (κ3) is 3.79. The van der Waals surface area contributed by atoms with E-state index in [1.165, 1.54) is 31.7 Å². The molecule has 1 aromatic carbocycles. The van der Waals surface area contributed by atoms with E-state index in [9.17, 15) is 9.18 Å². The molecule has 0 spiro atoms. The molecule has 142 valence electrons. The van der Waals surface area contributed by atoms with Gasteiger partial charge >= 0.3 is 0 Å². The summed E-state index contributed by atoms with van der Waals surface area (Å²) in [5, 5.41) is 0. The smallest absolute Gasteiger partial charge is 0.223 e. The highest BCUT2D eigenvalue weighted by atomic mass is 19.1. The van der Waals surface area contributed by atoms with Gasteiger partial charge in [0.05, 0.1) is 0 Å². The van der Waals surface area contributed by atoms with Crippen LogP contribution < -0.4 is 10.9 Å². The molecule has 4 rings (SSSR count). The highest BCUT2D eigenvalue weighted by Crippen LogP contribution is 2.33. The molecule has 26 heavy (non-hydrogen) atoms. The van der Waals surface area contributed by atoms with Crippen molar-refractivity contribution in [1.82, 2.24) is 15.8 Å². The lowest BCUT2D eigenvalue weighted by molar-refractivity contribution is -0.136. The van der Waals surface area contributed by atoms with Crippen LogP contribution in [0.5, 0.6) is 0 Å². The van der Waals surface area contributed by atoms with Crippen LogP contribution >= 0.6 is 0 Å². The van der Waals surface area contributed by atoms with E-state index in [0.717, 1.165) is 37.9 Å². The van der Waals surface area contributed by atoms with Crippen LogP contribution in [-0.2, 0) is 4.79 Å². The molecule has 1 saturated carbocycles. The van der Waals surface area contributed by atoms with Gasteiger partial charge in [0.2, 0.25) is 5.91 Å². The summed E-state index contributed by atoms with van der Waals surface area (Å²) in [6.45, 7) is 1.64. The monoisotopic (exact) mass is 359 g/mol. The molecule has 0 aromatic heterocycles. The van der Waals surface area contributed by atoms with Crippen molar-refractivity contribution < 1.29 is 9.18 Å². The average molecular weight is 359 g/mol. The summed E-state index contributed by atoms with van der Waals surface area (Å²) in [6.07, 6.45) is 8.96. The van der Waals surface area contributed by atoms with Gasteiger partial charge in [0.1, 0.15) is 5.82 Å². The Labute approximate surface area is 155 Å². The van der Waals surface area contributed by atoms with Gasteiger partial charge in [-0.1, -0.05) is 25.0 Å². The predicted octanol–water partition coefficient (Wildman–Crippen LogP) is 3.35. The Balaban J connectivity index is 1.50. The Morgan fingerprint density at radius 3 is 2.77 bits per heavy atom. The quantitative estimate of drug-likeness (QED) is 0.867. The largest absolute Gasteiger partial charge is 0.338 e. The number of hydrazine groups is 1. The van der Waals surface area contributed by atoms with Gasteiger partial charge in [-0.2, -0.15) is 0 Å². The second-order valence-corrected chi connectivity index (χ2v) is 8.22. The molecular formula is C21H30FN3O. The Morgan fingerprint density at radius 1 is 1.15 bits per heavy atom. The third-order valence-electron chi connectivity index (χ3n) is 6.52. The fourth-order valence-corrected chi connectivity index (χ4v) is 5.16.